The van der Waals surface area contributed by atoms with Gasteiger partial charge in [-0.3, -0.25) is 4.79 Å². The van der Waals surface area contributed by atoms with Gasteiger partial charge in [-0.15, -0.1) is 5.01 Å². The molecule has 1 aliphatic rings. The Morgan fingerprint density at radius 1 is 1.04 bits per heavy atom. The SMILES string of the molecule is CC[C@]1(c2ccccc2)NC(=O)N(/N=C\c2ccccc2)C1=O. The van der Waals surface area contributed by atoms with Crippen molar-refractivity contribution in [2.45, 2.75) is 18.9 Å². The molecule has 3 amide bonds. The average molecular weight is 307 g/mol. The molecular formula is C18H17N3O2. The number of carbonyl (C=O) groups is 2. The van der Waals surface area contributed by atoms with Crippen LogP contribution < -0.4 is 5.32 Å². The van der Waals surface area contributed by atoms with Crippen LogP contribution in [0, 0.1) is 0 Å². The minimum Gasteiger partial charge on any atom is -0.318 e. The molecule has 0 bridgehead atoms. The van der Waals surface area contributed by atoms with Crippen LogP contribution in [0.5, 0.6) is 0 Å². The van der Waals surface area contributed by atoms with Crippen LogP contribution in [0.15, 0.2) is 65.8 Å². The summed E-state index contributed by atoms with van der Waals surface area (Å²) >= 11 is 0. The Bertz CT molecular complexity index is 743. The van der Waals surface area contributed by atoms with Gasteiger partial charge in [-0.25, -0.2) is 4.79 Å². The van der Waals surface area contributed by atoms with E-state index in [2.05, 4.69) is 10.4 Å². The lowest BCUT2D eigenvalue weighted by atomic mass is 9.87. The van der Waals surface area contributed by atoms with E-state index in [1.165, 1.54) is 6.21 Å². The zero-order valence-electron chi connectivity index (χ0n) is 12.8. The van der Waals surface area contributed by atoms with Gasteiger partial charge in [0, 0.05) is 0 Å². The van der Waals surface area contributed by atoms with Crippen molar-refractivity contribution in [3.05, 3.63) is 71.8 Å². The first-order chi connectivity index (χ1) is 11.2. The molecule has 3 rings (SSSR count). The summed E-state index contributed by atoms with van der Waals surface area (Å²) < 4.78 is 0. The molecule has 0 spiro atoms. The fourth-order valence-electron chi connectivity index (χ4n) is 2.69. The van der Waals surface area contributed by atoms with Crippen molar-refractivity contribution >= 4 is 18.2 Å². The van der Waals surface area contributed by atoms with E-state index in [0.717, 1.165) is 16.1 Å². The number of imide groups is 1. The molecule has 1 fully saturated rings. The lowest BCUT2D eigenvalue weighted by Gasteiger charge is -2.24. The molecule has 2 aromatic rings. The van der Waals surface area contributed by atoms with Crippen LogP contribution in [0.2, 0.25) is 0 Å². The van der Waals surface area contributed by atoms with Crippen molar-refractivity contribution in [1.82, 2.24) is 10.3 Å². The van der Waals surface area contributed by atoms with E-state index in [0.29, 0.717) is 6.42 Å². The zero-order valence-corrected chi connectivity index (χ0v) is 12.8. The molecule has 0 unspecified atom stereocenters. The second-order valence-corrected chi connectivity index (χ2v) is 5.33. The molecular weight excluding hydrogens is 290 g/mol. The number of benzene rings is 2. The number of amides is 3. The predicted octanol–water partition coefficient (Wildman–Crippen LogP) is 2.88. The van der Waals surface area contributed by atoms with Crippen molar-refractivity contribution in [2.24, 2.45) is 5.10 Å². The molecule has 1 heterocycles. The number of hydrogen-bond donors (Lipinski definition) is 1. The molecule has 1 saturated heterocycles. The van der Waals surface area contributed by atoms with Crippen LogP contribution in [0.1, 0.15) is 24.5 Å². The first-order valence-electron chi connectivity index (χ1n) is 7.48. The standard InChI is InChI=1S/C18H17N3O2/c1-2-18(15-11-7-4-8-12-15)16(22)21(17(23)20-18)19-13-14-9-5-3-6-10-14/h3-13H,2H2,1H3,(H,20,23)/b19-13-/t18-/m1/s1. The molecule has 2 aromatic carbocycles. The highest BCUT2D eigenvalue weighted by Gasteiger charge is 2.51. The minimum atomic E-state index is -1.05. The van der Waals surface area contributed by atoms with Gasteiger partial charge in [0.1, 0.15) is 5.54 Å². The van der Waals surface area contributed by atoms with Crippen LogP contribution in [0.3, 0.4) is 0 Å². The minimum absolute atomic E-state index is 0.358. The summed E-state index contributed by atoms with van der Waals surface area (Å²) in [5.41, 5.74) is 0.534. The third-order valence-electron chi connectivity index (χ3n) is 3.99. The Morgan fingerprint density at radius 3 is 2.26 bits per heavy atom. The number of nitrogens with zero attached hydrogens (tertiary/aromatic N) is 2. The quantitative estimate of drug-likeness (QED) is 0.697. The highest BCUT2D eigenvalue weighted by atomic mass is 16.2. The van der Waals surface area contributed by atoms with Crippen LogP contribution >= 0.6 is 0 Å². The molecule has 5 heteroatoms. The molecule has 0 aromatic heterocycles. The van der Waals surface area contributed by atoms with Crippen molar-refractivity contribution < 1.29 is 9.59 Å². The first-order valence-corrected chi connectivity index (χ1v) is 7.48. The molecule has 1 aliphatic heterocycles. The van der Waals surface area contributed by atoms with Crippen LogP contribution in [-0.2, 0) is 10.3 Å². The Hall–Kier alpha value is -2.95. The van der Waals surface area contributed by atoms with Crippen molar-refractivity contribution in [2.75, 3.05) is 0 Å². The lowest BCUT2D eigenvalue weighted by Crippen LogP contribution is -2.43. The number of hydrazone groups is 1. The van der Waals surface area contributed by atoms with E-state index >= 15 is 0 Å². The van der Waals surface area contributed by atoms with E-state index in [4.69, 9.17) is 0 Å². The van der Waals surface area contributed by atoms with E-state index in [9.17, 15) is 9.59 Å². The smallest absolute Gasteiger partial charge is 0.318 e. The van der Waals surface area contributed by atoms with Gasteiger partial charge in [0.25, 0.3) is 5.91 Å². The summed E-state index contributed by atoms with van der Waals surface area (Å²) in [6.45, 7) is 1.87. The maximum absolute atomic E-state index is 12.8. The molecule has 5 nitrogen and oxygen atoms in total. The number of urea groups is 1. The number of rotatable bonds is 4. The van der Waals surface area contributed by atoms with E-state index in [1.807, 2.05) is 67.6 Å². The Balaban J connectivity index is 1.92. The van der Waals surface area contributed by atoms with Crippen LogP contribution in [0.4, 0.5) is 4.79 Å². The number of carbonyl (C=O) groups excluding carboxylic acids is 2. The largest absolute Gasteiger partial charge is 0.346 e. The maximum atomic E-state index is 12.8. The van der Waals surface area contributed by atoms with Crippen molar-refractivity contribution in [3.8, 4) is 0 Å². The van der Waals surface area contributed by atoms with Gasteiger partial charge >= 0.3 is 6.03 Å². The summed E-state index contributed by atoms with van der Waals surface area (Å²) in [6.07, 6.45) is 1.97. The zero-order chi connectivity index (χ0) is 16.3. The fourth-order valence-corrected chi connectivity index (χ4v) is 2.69. The summed E-state index contributed by atoms with van der Waals surface area (Å²) in [5.74, 6) is -0.358. The molecule has 116 valence electrons. The summed E-state index contributed by atoms with van der Waals surface area (Å²) in [7, 11) is 0. The van der Waals surface area contributed by atoms with Gasteiger partial charge in [-0.1, -0.05) is 67.6 Å². The van der Waals surface area contributed by atoms with Gasteiger partial charge in [-0.05, 0) is 17.5 Å². The van der Waals surface area contributed by atoms with Gasteiger partial charge in [0.05, 0.1) is 6.21 Å². The molecule has 23 heavy (non-hydrogen) atoms. The normalized spacial score (nSPS) is 21.0. The number of hydrogen-bond acceptors (Lipinski definition) is 3. The highest BCUT2D eigenvalue weighted by Crippen LogP contribution is 2.32. The van der Waals surface area contributed by atoms with E-state index in [1.54, 1.807) is 0 Å². The maximum Gasteiger partial charge on any atom is 0.346 e. The molecule has 0 radical (unpaired) electrons. The Morgan fingerprint density at radius 2 is 1.65 bits per heavy atom. The Labute approximate surface area is 134 Å². The molecule has 1 N–H and O–H groups in total. The number of nitrogens with one attached hydrogen (secondary N) is 1. The second kappa shape index (κ2) is 6.04. The third-order valence-corrected chi connectivity index (χ3v) is 3.99. The van der Waals surface area contributed by atoms with E-state index < -0.39 is 11.6 Å². The summed E-state index contributed by atoms with van der Waals surface area (Å²) in [5, 5.41) is 7.77. The van der Waals surface area contributed by atoms with Crippen LogP contribution in [-0.4, -0.2) is 23.2 Å². The van der Waals surface area contributed by atoms with Crippen molar-refractivity contribution in [1.29, 1.82) is 0 Å². The molecule has 0 aliphatic carbocycles. The van der Waals surface area contributed by atoms with Gasteiger partial charge in [0.2, 0.25) is 0 Å². The van der Waals surface area contributed by atoms with Crippen LogP contribution in [0.25, 0.3) is 0 Å². The highest BCUT2D eigenvalue weighted by molar-refractivity contribution is 6.07. The molecule has 1 atom stereocenters. The Kier molecular flexibility index (Phi) is 3.93. The molecule has 0 saturated carbocycles. The monoisotopic (exact) mass is 307 g/mol. The van der Waals surface area contributed by atoms with Gasteiger partial charge < -0.3 is 5.32 Å². The summed E-state index contributed by atoms with van der Waals surface area (Å²) in [6, 6.07) is 18.1. The lowest BCUT2D eigenvalue weighted by molar-refractivity contribution is -0.131. The summed E-state index contributed by atoms with van der Waals surface area (Å²) in [4.78, 5) is 25.1. The van der Waals surface area contributed by atoms with E-state index in [-0.39, 0.29) is 5.91 Å². The third kappa shape index (κ3) is 2.61. The average Bonchev–Trinajstić information content (AvgIpc) is 2.86. The van der Waals surface area contributed by atoms with Gasteiger partial charge in [-0.2, -0.15) is 5.10 Å². The first kappa shape index (κ1) is 15.0. The fraction of sp³-hybridized carbons (Fsp3) is 0.167. The van der Waals surface area contributed by atoms with Gasteiger partial charge in [0.15, 0.2) is 0 Å². The predicted molar refractivity (Wildman–Crippen MR) is 87.8 cm³/mol. The topological polar surface area (TPSA) is 61.8 Å². The van der Waals surface area contributed by atoms with Crippen molar-refractivity contribution in [3.63, 3.8) is 0 Å². The second-order valence-electron chi connectivity index (χ2n) is 5.33.